The van der Waals surface area contributed by atoms with Crippen molar-refractivity contribution in [3.8, 4) is 6.07 Å². The molecule has 0 fully saturated rings. The number of nitriles is 1. The Morgan fingerprint density at radius 3 is 2.38 bits per heavy atom. The minimum absolute atomic E-state index is 0.736. The van der Waals surface area contributed by atoms with Gasteiger partial charge in [0.25, 0.3) is 0 Å². The Bertz CT molecular complexity index is 335. The summed E-state index contributed by atoms with van der Waals surface area (Å²) >= 11 is 0. The molecule has 0 aliphatic carbocycles. The summed E-state index contributed by atoms with van der Waals surface area (Å²) in [7, 11) is 0. The molecule has 0 bridgehead atoms. The molecule has 0 amide bonds. The van der Waals surface area contributed by atoms with E-state index in [1.54, 1.807) is 0 Å². The van der Waals surface area contributed by atoms with Crippen LogP contribution < -0.4 is 0 Å². The van der Waals surface area contributed by atoms with Gasteiger partial charge in [-0.15, -0.1) is 0 Å². The zero-order valence-corrected chi connectivity index (χ0v) is 10.2. The molecule has 0 saturated heterocycles. The van der Waals surface area contributed by atoms with Gasteiger partial charge in [0.15, 0.2) is 0 Å². The summed E-state index contributed by atoms with van der Waals surface area (Å²) in [6.07, 6.45) is 2.49. The van der Waals surface area contributed by atoms with E-state index in [4.69, 9.17) is 5.26 Å². The second kappa shape index (κ2) is 7.03. The van der Waals surface area contributed by atoms with E-state index in [-0.39, 0.29) is 0 Å². The molecule has 2 heteroatoms. The predicted octanol–water partition coefficient (Wildman–Crippen LogP) is 3.18. The van der Waals surface area contributed by atoms with Crippen molar-refractivity contribution < 1.29 is 0 Å². The SMILES string of the molecule is CCCCN(CC)Cc1ccc(C#N)cc1. The summed E-state index contributed by atoms with van der Waals surface area (Å²) in [4.78, 5) is 2.44. The Hall–Kier alpha value is -1.33. The molecule has 16 heavy (non-hydrogen) atoms. The van der Waals surface area contributed by atoms with Crippen LogP contribution in [0.2, 0.25) is 0 Å². The zero-order chi connectivity index (χ0) is 11.8. The van der Waals surface area contributed by atoms with E-state index in [1.807, 2.05) is 24.3 Å². The van der Waals surface area contributed by atoms with Gasteiger partial charge in [-0.1, -0.05) is 32.4 Å². The maximum atomic E-state index is 8.71. The molecule has 86 valence electrons. The van der Waals surface area contributed by atoms with Gasteiger partial charge in [-0.2, -0.15) is 5.26 Å². The second-order valence-electron chi connectivity index (χ2n) is 4.03. The summed E-state index contributed by atoms with van der Waals surface area (Å²) in [6.45, 7) is 7.64. The van der Waals surface area contributed by atoms with E-state index in [9.17, 15) is 0 Å². The van der Waals surface area contributed by atoms with E-state index in [0.29, 0.717) is 0 Å². The highest BCUT2D eigenvalue weighted by Crippen LogP contribution is 2.07. The van der Waals surface area contributed by atoms with Crippen LogP contribution in [-0.2, 0) is 6.54 Å². The fourth-order valence-electron chi connectivity index (χ4n) is 1.67. The third-order valence-corrected chi connectivity index (χ3v) is 2.76. The van der Waals surface area contributed by atoms with Crippen molar-refractivity contribution in [1.29, 1.82) is 5.26 Å². The molecular formula is C14H20N2. The normalized spacial score (nSPS) is 10.4. The number of nitrogens with zero attached hydrogens (tertiary/aromatic N) is 2. The number of rotatable bonds is 6. The molecule has 0 radical (unpaired) electrons. The van der Waals surface area contributed by atoms with Crippen LogP contribution in [0.4, 0.5) is 0 Å². The van der Waals surface area contributed by atoms with Crippen LogP contribution in [0.1, 0.15) is 37.8 Å². The summed E-state index contributed by atoms with van der Waals surface area (Å²) in [5.41, 5.74) is 2.03. The summed E-state index contributed by atoms with van der Waals surface area (Å²) in [5.74, 6) is 0. The molecule has 0 heterocycles. The molecule has 0 N–H and O–H groups in total. The highest BCUT2D eigenvalue weighted by atomic mass is 15.1. The molecule has 1 aromatic carbocycles. The van der Waals surface area contributed by atoms with Crippen LogP contribution in [0.15, 0.2) is 24.3 Å². The van der Waals surface area contributed by atoms with Crippen molar-refractivity contribution >= 4 is 0 Å². The largest absolute Gasteiger partial charge is 0.299 e. The van der Waals surface area contributed by atoms with Crippen LogP contribution >= 0.6 is 0 Å². The van der Waals surface area contributed by atoms with Gasteiger partial charge in [0.05, 0.1) is 11.6 Å². The standard InChI is InChI=1S/C14H20N2/c1-3-5-10-16(4-2)12-14-8-6-13(11-15)7-9-14/h6-9H,3-5,10,12H2,1-2H3. The van der Waals surface area contributed by atoms with Gasteiger partial charge in [-0.25, -0.2) is 0 Å². The lowest BCUT2D eigenvalue weighted by atomic mass is 10.1. The molecule has 0 atom stereocenters. The van der Waals surface area contributed by atoms with Gasteiger partial charge in [0.1, 0.15) is 0 Å². The van der Waals surface area contributed by atoms with Crippen LogP contribution in [0, 0.1) is 11.3 Å². The molecule has 2 nitrogen and oxygen atoms in total. The lowest BCUT2D eigenvalue weighted by Crippen LogP contribution is -2.23. The predicted molar refractivity (Wildman–Crippen MR) is 67.0 cm³/mol. The number of hydrogen-bond donors (Lipinski definition) is 0. The third-order valence-electron chi connectivity index (χ3n) is 2.76. The van der Waals surface area contributed by atoms with Gasteiger partial charge in [0.2, 0.25) is 0 Å². The highest BCUT2D eigenvalue weighted by Gasteiger charge is 2.02. The number of unbranched alkanes of at least 4 members (excludes halogenated alkanes) is 1. The minimum atomic E-state index is 0.736. The number of benzene rings is 1. The maximum absolute atomic E-state index is 8.71. The summed E-state index contributed by atoms with van der Waals surface area (Å²) < 4.78 is 0. The van der Waals surface area contributed by atoms with Crippen molar-refractivity contribution in [1.82, 2.24) is 4.90 Å². The molecular weight excluding hydrogens is 196 g/mol. The van der Waals surface area contributed by atoms with Gasteiger partial charge in [0, 0.05) is 6.54 Å². The molecule has 0 unspecified atom stereocenters. The van der Waals surface area contributed by atoms with Crippen molar-refractivity contribution in [3.05, 3.63) is 35.4 Å². The first-order valence-corrected chi connectivity index (χ1v) is 6.01. The lowest BCUT2D eigenvalue weighted by molar-refractivity contribution is 0.275. The van der Waals surface area contributed by atoms with E-state index >= 15 is 0 Å². The molecule has 0 spiro atoms. The monoisotopic (exact) mass is 216 g/mol. The van der Waals surface area contributed by atoms with Gasteiger partial charge in [-0.3, -0.25) is 4.90 Å². The van der Waals surface area contributed by atoms with Gasteiger partial charge >= 0.3 is 0 Å². The van der Waals surface area contributed by atoms with Gasteiger partial charge < -0.3 is 0 Å². The van der Waals surface area contributed by atoms with Crippen LogP contribution in [0.25, 0.3) is 0 Å². The van der Waals surface area contributed by atoms with Crippen molar-refractivity contribution in [2.75, 3.05) is 13.1 Å². The van der Waals surface area contributed by atoms with Crippen LogP contribution in [0.3, 0.4) is 0 Å². The Labute approximate surface area is 98.5 Å². The van der Waals surface area contributed by atoms with E-state index in [1.165, 1.54) is 18.4 Å². The first-order chi connectivity index (χ1) is 7.80. The quantitative estimate of drug-likeness (QED) is 0.730. The van der Waals surface area contributed by atoms with Crippen LogP contribution in [0.5, 0.6) is 0 Å². The van der Waals surface area contributed by atoms with E-state index in [0.717, 1.165) is 25.2 Å². The molecule has 0 aliphatic rings. The lowest BCUT2D eigenvalue weighted by Gasteiger charge is -2.20. The smallest absolute Gasteiger partial charge is 0.0991 e. The average molecular weight is 216 g/mol. The Morgan fingerprint density at radius 1 is 1.19 bits per heavy atom. The summed E-state index contributed by atoms with van der Waals surface area (Å²) in [6, 6.07) is 10.0. The Kier molecular flexibility index (Phi) is 5.60. The average Bonchev–Trinajstić information content (AvgIpc) is 2.35. The Balaban J connectivity index is 2.53. The fourth-order valence-corrected chi connectivity index (χ4v) is 1.67. The summed E-state index contributed by atoms with van der Waals surface area (Å²) in [5, 5.41) is 8.71. The first kappa shape index (κ1) is 12.7. The first-order valence-electron chi connectivity index (χ1n) is 6.01. The molecule has 1 aromatic rings. The highest BCUT2D eigenvalue weighted by molar-refractivity contribution is 5.31. The number of hydrogen-bond acceptors (Lipinski definition) is 2. The Morgan fingerprint density at radius 2 is 1.88 bits per heavy atom. The minimum Gasteiger partial charge on any atom is -0.299 e. The van der Waals surface area contributed by atoms with Crippen molar-refractivity contribution in [2.24, 2.45) is 0 Å². The topological polar surface area (TPSA) is 27.0 Å². The zero-order valence-electron chi connectivity index (χ0n) is 10.2. The second-order valence-corrected chi connectivity index (χ2v) is 4.03. The van der Waals surface area contributed by atoms with E-state index < -0.39 is 0 Å². The molecule has 0 saturated carbocycles. The molecule has 0 aromatic heterocycles. The van der Waals surface area contributed by atoms with E-state index in [2.05, 4.69) is 24.8 Å². The van der Waals surface area contributed by atoms with Crippen LogP contribution in [-0.4, -0.2) is 18.0 Å². The fraction of sp³-hybridized carbons (Fsp3) is 0.500. The van der Waals surface area contributed by atoms with Gasteiger partial charge in [-0.05, 0) is 37.2 Å². The third kappa shape index (κ3) is 4.04. The van der Waals surface area contributed by atoms with Crippen molar-refractivity contribution in [2.45, 2.75) is 33.2 Å². The van der Waals surface area contributed by atoms with Crippen molar-refractivity contribution in [3.63, 3.8) is 0 Å². The molecule has 1 rings (SSSR count). The molecule has 0 aliphatic heterocycles. The maximum Gasteiger partial charge on any atom is 0.0991 e.